The maximum absolute atomic E-state index is 13.2. The third kappa shape index (κ3) is 2.26. The van der Waals surface area contributed by atoms with Crippen molar-refractivity contribution in [1.82, 2.24) is 0 Å². The molecule has 0 radical (unpaired) electrons. The van der Waals surface area contributed by atoms with E-state index in [-0.39, 0.29) is 18.1 Å². The first-order valence-corrected chi connectivity index (χ1v) is 6.19. The van der Waals surface area contributed by atoms with Crippen LogP contribution in [0.25, 0.3) is 0 Å². The lowest BCUT2D eigenvalue weighted by atomic mass is 10.1. The van der Waals surface area contributed by atoms with Crippen molar-refractivity contribution in [1.29, 1.82) is 5.41 Å². The van der Waals surface area contributed by atoms with Gasteiger partial charge in [0, 0.05) is 5.56 Å². The van der Waals surface area contributed by atoms with Crippen molar-refractivity contribution < 1.29 is 17.6 Å². The molecule has 0 aromatic heterocycles. The summed E-state index contributed by atoms with van der Waals surface area (Å²) in [4.78, 5) is 1.24. The van der Waals surface area contributed by atoms with Crippen molar-refractivity contribution in [3.05, 3.63) is 65.0 Å². The van der Waals surface area contributed by atoms with Crippen molar-refractivity contribution in [2.24, 2.45) is 0 Å². The Labute approximate surface area is 118 Å². The van der Waals surface area contributed by atoms with Crippen LogP contribution in [0.5, 0.6) is 0 Å². The van der Waals surface area contributed by atoms with Crippen LogP contribution in [0.3, 0.4) is 0 Å². The fraction of sp³-hybridized carbons (Fsp3) is 0.133. The minimum Gasteiger partial charge on any atom is -0.321 e. The second kappa shape index (κ2) is 4.58. The number of anilines is 1. The lowest BCUT2D eigenvalue weighted by molar-refractivity contribution is -0.137. The van der Waals surface area contributed by atoms with Gasteiger partial charge in [0.1, 0.15) is 11.7 Å². The van der Waals surface area contributed by atoms with E-state index in [1.807, 2.05) is 0 Å². The summed E-state index contributed by atoms with van der Waals surface area (Å²) < 4.78 is 52.4. The SMILES string of the molecule is N=C1c2cc(F)ccc2CN1c1ccccc1C(F)(F)F. The molecule has 0 saturated carbocycles. The van der Waals surface area contributed by atoms with Gasteiger partial charge in [-0.25, -0.2) is 4.39 Å². The lowest BCUT2D eigenvalue weighted by Crippen LogP contribution is -2.26. The van der Waals surface area contributed by atoms with E-state index in [4.69, 9.17) is 5.41 Å². The molecule has 1 aliphatic rings. The molecule has 0 aliphatic carbocycles. The van der Waals surface area contributed by atoms with Gasteiger partial charge in [-0.2, -0.15) is 13.2 Å². The van der Waals surface area contributed by atoms with Crippen LogP contribution in [0, 0.1) is 11.2 Å². The molecule has 0 unspecified atom stereocenters. The Hall–Kier alpha value is -2.37. The Balaban J connectivity index is 2.07. The Morgan fingerprint density at radius 1 is 1.05 bits per heavy atom. The average molecular weight is 294 g/mol. The van der Waals surface area contributed by atoms with E-state index in [0.717, 1.165) is 6.07 Å². The van der Waals surface area contributed by atoms with Crippen LogP contribution < -0.4 is 4.90 Å². The first kappa shape index (κ1) is 13.6. The molecule has 1 N–H and O–H groups in total. The van der Waals surface area contributed by atoms with Crippen LogP contribution in [-0.2, 0) is 12.7 Å². The molecular formula is C15H10F4N2. The Kier molecular flexibility index (Phi) is 2.97. The Morgan fingerprint density at radius 2 is 1.76 bits per heavy atom. The number of nitrogens with zero attached hydrogens (tertiary/aromatic N) is 1. The topological polar surface area (TPSA) is 27.1 Å². The van der Waals surface area contributed by atoms with Crippen molar-refractivity contribution >= 4 is 11.5 Å². The molecule has 21 heavy (non-hydrogen) atoms. The smallest absolute Gasteiger partial charge is 0.321 e. The number of hydrogen-bond donors (Lipinski definition) is 1. The lowest BCUT2D eigenvalue weighted by Gasteiger charge is -2.22. The maximum atomic E-state index is 13.2. The van der Waals surface area contributed by atoms with Crippen molar-refractivity contribution in [2.75, 3.05) is 4.90 Å². The van der Waals surface area contributed by atoms with E-state index in [2.05, 4.69) is 0 Å². The zero-order chi connectivity index (χ0) is 15.2. The summed E-state index contributed by atoms with van der Waals surface area (Å²) in [6.07, 6.45) is -4.50. The molecule has 1 heterocycles. The van der Waals surface area contributed by atoms with Crippen molar-refractivity contribution in [3.8, 4) is 0 Å². The number of benzene rings is 2. The molecule has 2 aromatic carbocycles. The second-order valence-corrected chi connectivity index (χ2v) is 4.75. The van der Waals surface area contributed by atoms with E-state index in [9.17, 15) is 17.6 Å². The predicted octanol–water partition coefficient (Wildman–Crippen LogP) is 4.19. The maximum Gasteiger partial charge on any atom is 0.418 e. The number of hydrogen-bond acceptors (Lipinski definition) is 1. The summed E-state index contributed by atoms with van der Waals surface area (Å²) in [6.45, 7) is 0.127. The van der Waals surface area contributed by atoms with E-state index in [1.54, 1.807) is 0 Å². The third-order valence-corrected chi connectivity index (χ3v) is 3.43. The van der Waals surface area contributed by atoms with Gasteiger partial charge in [-0.3, -0.25) is 5.41 Å². The van der Waals surface area contributed by atoms with Gasteiger partial charge in [0.25, 0.3) is 0 Å². The van der Waals surface area contributed by atoms with Crippen LogP contribution in [-0.4, -0.2) is 5.84 Å². The van der Waals surface area contributed by atoms with Gasteiger partial charge < -0.3 is 4.90 Å². The second-order valence-electron chi connectivity index (χ2n) is 4.75. The molecular weight excluding hydrogens is 284 g/mol. The largest absolute Gasteiger partial charge is 0.418 e. The number of para-hydroxylation sites is 1. The van der Waals surface area contributed by atoms with Crippen molar-refractivity contribution in [3.63, 3.8) is 0 Å². The van der Waals surface area contributed by atoms with Gasteiger partial charge in [0.15, 0.2) is 0 Å². The molecule has 1 aliphatic heterocycles. The van der Waals surface area contributed by atoms with Gasteiger partial charge >= 0.3 is 6.18 Å². The summed E-state index contributed by atoms with van der Waals surface area (Å²) in [5, 5.41) is 8.02. The number of amidine groups is 1. The van der Waals surface area contributed by atoms with E-state index in [1.165, 1.54) is 41.3 Å². The summed E-state index contributed by atoms with van der Waals surface area (Å²) in [5.74, 6) is -0.634. The highest BCUT2D eigenvalue weighted by Crippen LogP contribution is 2.39. The highest BCUT2D eigenvalue weighted by atomic mass is 19.4. The van der Waals surface area contributed by atoms with Crippen LogP contribution in [0.15, 0.2) is 42.5 Å². The first-order chi connectivity index (χ1) is 9.88. The van der Waals surface area contributed by atoms with E-state index >= 15 is 0 Å². The number of nitrogens with one attached hydrogen (secondary N) is 1. The summed E-state index contributed by atoms with van der Waals surface area (Å²) in [6, 6.07) is 9.00. The average Bonchev–Trinajstić information content (AvgIpc) is 2.75. The van der Waals surface area contributed by atoms with Gasteiger partial charge in [0.05, 0.1) is 17.8 Å². The minimum atomic E-state index is -4.50. The predicted molar refractivity (Wildman–Crippen MR) is 70.9 cm³/mol. The van der Waals surface area contributed by atoms with Crippen LogP contribution in [0.2, 0.25) is 0 Å². The van der Waals surface area contributed by atoms with E-state index < -0.39 is 17.6 Å². The first-order valence-electron chi connectivity index (χ1n) is 6.19. The molecule has 0 amide bonds. The summed E-state index contributed by atoms with van der Waals surface area (Å²) >= 11 is 0. The van der Waals surface area contributed by atoms with Crippen molar-refractivity contribution in [2.45, 2.75) is 12.7 Å². The highest BCUT2D eigenvalue weighted by Gasteiger charge is 2.37. The number of rotatable bonds is 1. The zero-order valence-corrected chi connectivity index (χ0v) is 10.7. The molecule has 0 atom stereocenters. The molecule has 0 spiro atoms. The summed E-state index contributed by atoms with van der Waals surface area (Å²) in [7, 11) is 0. The molecule has 2 aromatic rings. The van der Waals surface area contributed by atoms with Gasteiger partial charge in [0.2, 0.25) is 0 Å². The van der Waals surface area contributed by atoms with Crippen LogP contribution >= 0.6 is 0 Å². The monoisotopic (exact) mass is 294 g/mol. The molecule has 0 saturated heterocycles. The number of halogens is 4. The highest BCUT2D eigenvalue weighted by molar-refractivity contribution is 6.12. The zero-order valence-electron chi connectivity index (χ0n) is 10.7. The third-order valence-electron chi connectivity index (χ3n) is 3.43. The molecule has 0 bridgehead atoms. The Morgan fingerprint density at radius 3 is 2.48 bits per heavy atom. The van der Waals surface area contributed by atoms with E-state index in [0.29, 0.717) is 11.1 Å². The van der Waals surface area contributed by atoms with Crippen LogP contribution in [0.1, 0.15) is 16.7 Å². The number of fused-ring (bicyclic) bond motifs is 1. The van der Waals surface area contributed by atoms with Gasteiger partial charge in [-0.05, 0) is 29.8 Å². The molecule has 108 valence electrons. The molecule has 6 heteroatoms. The van der Waals surface area contributed by atoms with Crippen LogP contribution in [0.4, 0.5) is 23.2 Å². The molecule has 3 rings (SSSR count). The summed E-state index contributed by atoms with van der Waals surface area (Å²) in [5.41, 5.74) is 0.0694. The van der Waals surface area contributed by atoms with Gasteiger partial charge in [-0.1, -0.05) is 18.2 Å². The van der Waals surface area contributed by atoms with Gasteiger partial charge in [-0.15, -0.1) is 0 Å². The molecule has 2 nitrogen and oxygen atoms in total. The Bertz CT molecular complexity index is 722. The normalized spacial score (nSPS) is 14.5. The minimum absolute atomic E-state index is 0.0911. The number of alkyl halides is 3. The fourth-order valence-electron chi connectivity index (χ4n) is 2.46. The fourth-order valence-corrected chi connectivity index (χ4v) is 2.46. The molecule has 0 fully saturated rings. The standard InChI is InChI=1S/C15H10F4N2/c16-10-6-5-9-8-21(14(20)11(9)7-10)13-4-2-1-3-12(13)15(17,18)19/h1-7,20H,8H2. The quantitative estimate of drug-likeness (QED) is 0.784.